The molecule has 1 unspecified atom stereocenters. The number of ether oxygens (including phenoxy) is 1. The summed E-state index contributed by atoms with van der Waals surface area (Å²) < 4.78 is 5.53. The van der Waals surface area contributed by atoms with E-state index in [0.717, 1.165) is 29.3 Å². The largest absolute Gasteiger partial charge is 0.496 e. The Kier molecular flexibility index (Phi) is 5.66. The molecule has 0 aliphatic heterocycles. The molecule has 1 atom stereocenters. The maximum absolute atomic E-state index is 6.09. The quantitative estimate of drug-likeness (QED) is 0.832. The number of aryl methyl sites for hydroxylation is 1. The van der Waals surface area contributed by atoms with Gasteiger partial charge in [-0.05, 0) is 49.2 Å². The van der Waals surface area contributed by atoms with E-state index < -0.39 is 0 Å². The maximum atomic E-state index is 6.09. The number of hydrogen-bond acceptors (Lipinski definition) is 2. The van der Waals surface area contributed by atoms with Crippen LogP contribution in [0, 0.1) is 6.92 Å². The van der Waals surface area contributed by atoms with E-state index in [4.69, 9.17) is 16.3 Å². The Balaban J connectivity index is 2.47. The van der Waals surface area contributed by atoms with Crippen LogP contribution in [-0.4, -0.2) is 13.7 Å². The standard InChI is InChI=1S/C18H22ClNO/c1-4-11-20-18(15-10-9-14(19)12-13(15)2)16-7-5-6-8-17(16)21-3/h5-10,12,18,20H,4,11H2,1-3H3. The highest BCUT2D eigenvalue weighted by molar-refractivity contribution is 6.30. The van der Waals surface area contributed by atoms with Crippen LogP contribution in [0.2, 0.25) is 5.02 Å². The molecular weight excluding hydrogens is 282 g/mol. The fourth-order valence-corrected chi connectivity index (χ4v) is 2.77. The van der Waals surface area contributed by atoms with Gasteiger partial charge in [-0.2, -0.15) is 0 Å². The topological polar surface area (TPSA) is 21.3 Å². The van der Waals surface area contributed by atoms with Crippen molar-refractivity contribution in [2.24, 2.45) is 0 Å². The number of benzene rings is 2. The summed E-state index contributed by atoms with van der Waals surface area (Å²) in [6.45, 7) is 5.21. The number of rotatable bonds is 6. The molecule has 0 radical (unpaired) electrons. The molecule has 0 fully saturated rings. The van der Waals surface area contributed by atoms with E-state index in [1.807, 2.05) is 30.3 Å². The zero-order chi connectivity index (χ0) is 15.2. The molecule has 0 saturated heterocycles. The Morgan fingerprint density at radius 3 is 2.57 bits per heavy atom. The monoisotopic (exact) mass is 303 g/mol. The number of nitrogens with one attached hydrogen (secondary N) is 1. The number of methoxy groups -OCH3 is 1. The Hall–Kier alpha value is -1.51. The summed E-state index contributed by atoms with van der Waals surface area (Å²) in [5.74, 6) is 0.903. The molecule has 0 aliphatic carbocycles. The fraction of sp³-hybridized carbons (Fsp3) is 0.333. The Bertz CT molecular complexity index is 598. The predicted molar refractivity (Wildman–Crippen MR) is 89.3 cm³/mol. The van der Waals surface area contributed by atoms with Crippen LogP contribution in [-0.2, 0) is 0 Å². The summed E-state index contributed by atoms with van der Waals surface area (Å²) in [5.41, 5.74) is 3.57. The number of para-hydroxylation sites is 1. The van der Waals surface area contributed by atoms with Crippen LogP contribution >= 0.6 is 11.6 Å². The van der Waals surface area contributed by atoms with Crippen molar-refractivity contribution < 1.29 is 4.74 Å². The lowest BCUT2D eigenvalue weighted by Gasteiger charge is -2.23. The van der Waals surface area contributed by atoms with Crippen LogP contribution in [0.5, 0.6) is 5.75 Å². The third-order valence-electron chi connectivity index (χ3n) is 3.59. The van der Waals surface area contributed by atoms with Gasteiger partial charge in [0, 0.05) is 10.6 Å². The summed E-state index contributed by atoms with van der Waals surface area (Å²) in [4.78, 5) is 0. The maximum Gasteiger partial charge on any atom is 0.123 e. The first-order chi connectivity index (χ1) is 10.2. The average Bonchev–Trinajstić information content (AvgIpc) is 2.49. The van der Waals surface area contributed by atoms with Gasteiger partial charge in [-0.15, -0.1) is 0 Å². The molecule has 2 nitrogen and oxygen atoms in total. The van der Waals surface area contributed by atoms with Crippen molar-refractivity contribution in [3.63, 3.8) is 0 Å². The first-order valence-electron chi connectivity index (χ1n) is 7.29. The summed E-state index contributed by atoms with van der Waals surface area (Å²) in [6, 6.07) is 14.3. The third kappa shape index (κ3) is 3.78. The molecule has 0 amide bonds. The molecule has 2 aromatic rings. The van der Waals surface area contributed by atoms with Crippen molar-refractivity contribution in [3.8, 4) is 5.75 Å². The van der Waals surface area contributed by atoms with Crippen LogP contribution in [0.15, 0.2) is 42.5 Å². The van der Waals surface area contributed by atoms with E-state index in [0.29, 0.717) is 0 Å². The fourth-order valence-electron chi connectivity index (χ4n) is 2.54. The molecule has 0 saturated carbocycles. The van der Waals surface area contributed by atoms with Crippen molar-refractivity contribution in [3.05, 3.63) is 64.2 Å². The molecule has 2 rings (SSSR count). The van der Waals surface area contributed by atoms with Gasteiger partial charge in [0.25, 0.3) is 0 Å². The highest BCUT2D eigenvalue weighted by atomic mass is 35.5. The van der Waals surface area contributed by atoms with Crippen LogP contribution in [0.3, 0.4) is 0 Å². The lowest BCUT2D eigenvalue weighted by atomic mass is 9.94. The lowest BCUT2D eigenvalue weighted by Crippen LogP contribution is -2.24. The molecule has 1 N–H and O–H groups in total. The molecular formula is C18H22ClNO. The summed E-state index contributed by atoms with van der Waals surface area (Å²) in [5, 5.41) is 4.38. The summed E-state index contributed by atoms with van der Waals surface area (Å²) >= 11 is 6.09. The van der Waals surface area contributed by atoms with Crippen LogP contribution in [0.25, 0.3) is 0 Å². The minimum absolute atomic E-state index is 0.110. The Morgan fingerprint density at radius 2 is 1.90 bits per heavy atom. The minimum Gasteiger partial charge on any atom is -0.496 e. The predicted octanol–water partition coefficient (Wildman–Crippen LogP) is 4.75. The molecule has 0 aromatic heterocycles. The average molecular weight is 304 g/mol. The van der Waals surface area contributed by atoms with Crippen LogP contribution < -0.4 is 10.1 Å². The van der Waals surface area contributed by atoms with Gasteiger partial charge in [0.2, 0.25) is 0 Å². The van der Waals surface area contributed by atoms with Gasteiger partial charge in [-0.25, -0.2) is 0 Å². The number of hydrogen-bond donors (Lipinski definition) is 1. The third-order valence-corrected chi connectivity index (χ3v) is 3.83. The normalized spacial score (nSPS) is 12.2. The van der Waals surface area contributed by atoms with E-state index in [1.54, 1.807) is 7.11 Å². The zero-order valence-electron chi connectivity index (χ0n) is 12.8. The van der Waals surface area contributed by atoms with Gasteiger partial charge in [-0.3, -0.25) is 0 Å². The lowest BCUT2D eigenvalue weighted by molar-refractivity contribution is 0.403. The Morgan fingerprint density at radius 1 is 1.14 bits per heavy atom. The first kappa shape index (κ1) is 15.9. The van der Waals surface area contributed by atoms with Crippen molar-refractivity contribution in [2.45, 2.75) is 26.3 Å². The highest BCUT2D eigenvalue weighted by Crippen LogP contribution is 2.32. The van der Waals surface area contributed by atoms with Gasteiger partial charge in [0.1, 0.15) is 5.75 Å². The van der Waals surface area contributed by atoms with E-state index >= 15 is 0 Å². The highest BCUT2D eigenvalue weighted by Gasteiger charge is 2.19. The van der Waals surface area contributed by atoms with Gasteiger partial charge >= 0.3 is 0 Å². The molecule has 0 aliphatic rings. The second kappa shape index (κ2) is 7.48. The van der Waals surface area contributed by atoms with Crippen molar-refractivity contribution in [1.29, 1.82) is 0 Å². The molecule has 0 spiro atoms. The van der Waals surface area contributed by atoms with Crippen LogP contribution in [0.1, 0.15) is 36.1 Å². The minimum atomic E-state index is 0.110. The number of halogens is 1. The Labute approximate surface area is 132 Å². The van der Waals surface area contributed by atoms with Gasteiger partial charge in [-0.1, -0.05) is 42.8 Å². The smallest absolute Gasteiger partial charge is 0.123 e. The SMILES string of the molecule is CCCNC(c1ccc(Cl)cc1C)c1ccccc1OC. The van der Waals surface area contributed by atoms with Gasteiger partial charge in [0.15, 0.2) is 0 Å². The van der Waals surface area contributed by atoms with E-state index in [-0.39, 0.29) is 6.04 Å². The molecule has 0 heterocycles. The van der Waals surface area contributed by atoms with Crippen molar-refractivity contribution in [2.75, 3.05) is 13.7 Å². The zero-order valence-corrected chi connectivity index (χ0v) is 13.6. The van der Waals surface area contributed by atoms with E-state index in [9.17, 15) is 0 Å². The second-order valence-corrected chi connectivity index (χ2v) is 5.57. The second-order valence-electron chi connectivity index (χ2n) is 5.13. The van der Waals surface area contributed by atoms with Crippen LogP contribution in [0.4, 0.5) is 0 Å². The van der Waals surface area contributed by atoms with E-state index in [1.165, 1.54) is 11.1 Å². The molecule has 21 heavy (non-hydrogen) atoms. The van der Waals surface area contributed by atoms with Gasteiger partial charge < -0.3 is 10.1 Å². The molecule has 0 bridgehead atoms. The van der Waals surface area contributed by atoms with Crippen molar-refractivity contribution >= 4 is 11.6 Å². The van der Waals surface area contributed by atoms with Gasteiger partial charge in [0.05, 0.1) is 13.2 Å². The molecule has 112 valence electrons. The summed E-state index contributed by atoms with van der Waals surface area (Å²) in [7, 11) is 1.71. The van der Waals surface area contributed by atoms with E-state index in [2.05, 4.69) is 31.3 Å². The first-order valence-corrected chi connectivity index (χ1v) is 7.67. The molecule has 2 aromatic carbocycles. The molecule has 3 heteroatoms. The summed E-state index contributed by atoms with van der Waals surface area (Å²) in [6.07, 6.45) is 1.08. The van der Waals surface area contributed by atoms with Crippen molar-refractivity contribution in [1.82, 2.24) is 5.32 Å².